The zero-order chi connectivity index (χ0) is 45.9. The summed E-state index contributed by atoms with van der Waals surface area (Å²) in [7, 11) is 0. The normalized spacial score (nSPS) is 15.9. The van der Waals surface area contributed by atoms with Gasteiger partial charge in [-0.25, -0.2) is 19.9 Å². The number of hydrogen-bond acceptors (Lipinski definition) is 14. The zero-order valence-corrected chi connectivity index (χ0v) is 39.7. The fraction of sp³-hybridized carbons (Fsp3) is 0.160. The number of aromatic nitrogens is 8. The second-order valence-electron chi connectivity index (χ2n) is 16.7. The fourth-order valence-corrected chi connectivity index (χ4v) is 11.9. The van der Waals surface area contributed by atoms with E-state index in [1.54, 1.807) is 11.3 Å². The van der Waals surface area contributed by atoms with Crippen molar-refractivity contribution in [2.24, 2.45) is 20.5 Å². The van der Waals surface area contributed by atoms with Crippen LogP contribution in [0.4, 0.5) is 21.6 Å². The molecule has 12 rings (SSSR count). The molecule has 68 heavy (non-hydrogen) atoms. The summed E-state index contributed by atoms with van der Waals surface area (Å²) in [5, 5.41) is 30.5. The highest BCUT2D eigenvalue weighted by Crippen LogP contribution is 2.56. The molecule has 0 amide bonds. The Morgan fingerprint density at radius 2 is 1.06 bits per heavy atom. The molecule has 2 fully saturated rings. The van der Waals surface area contributed by atoms with E-state index in [4.69, 9.17) is 15.0 Å². The smallest absolute Gasteiger partial charge is 0.286 e. The molecule has 2 N–H and O–H groups in total. The lowest BCUT2D eigenvalue weighted by Gasteiger charge is -2.02. The molecular weight excluding hydrogens is 929 g/mol. The topological polar surface area (TPSA) is 177 Å². The van der Waals surface area contributed by atoms with Crippen molar-refractivity contribution in [3.05, 3.63) is 173 Å². The van der Waals surface area contributed by atoms with Gasteiger partial charge in [-0.2, -0.15) is 9.36 Å². The summed E-state index contributed by atoms with van der Waals surface area (Å²) >= 11 is 5.77. The molecule has 18 heteroatoms. The Hall–Kier alpha value is -7.38. The third kappa shape index (κ3) is 8.04. The van der Waals surface area contributed by atoms with Gasteiger partial charge in [0.15, 0.2) is 11.4 Å². The van der Waals surface area contributed by atoms with E-state index in [1.807, 2.05) is 109 Å². The number of rotatable bonds is 13. The molecule has 0 radical (unpaired) electrons. The molecule has 0 spiro atoms. The van der Waals surface area contributed by atoms with Gasteiger partial charge in [0.05, 0.1) is 34.2 Å². The first-order valence-corrected chi connectivity index (χ1v) is 25.4. The van der Waals surface area contributed by atoms with Gasteiger partial charge in [0.1, 0.15) is 0 Å². The van der Waals surface area contributed by atoms with E-state index in [0.29, 0.717) is 43.7 Å². The first-order chi connectivity index (χ1) is 33.3. The van der Waals surface area contributed by atoms with Crippen LogP contribution in [0.1, 0.15) is 63.7 Å². The Kier molecular flexibility index (Phi) is 10.7. The number of H-pyrrole nitrogens is 2. The van der Waals surface area contributed by atoms with Crippen LogP contribution < -0.4 is 11.1 Å². The first kappa shape index (κ1) is 42.0. The summed E-state index contributed by atoms with van der Waals surface area (Å²) in [5.74, 6) is 1.11. The van der Waals surface area contributed by atoms with Gasteiger partial charge >= 0.3 is 11.1 Å². The molecule has 2 unspecified atom stereocenters. The van der Waals surface area contributed by atoms with Crippen LogP contribution in [0.2, 0.25) is 0 Å². The second-order valence-corrected chi connectivity index (χ2v) is 20.6. The summed E-state index contributed by atoms with van der Waals surface area (Å²) in [5.41, 5.74) is 9.11. The summed E-state index contributed by atoms with van der Waals surface area (Å²) in [6, 6.07) is 37.6. The standard InChI is InChI=1S/C50H38N12O2S4/c1-27-44(34-22-23-34)68-47(51-27)57-55-42-40(32-14-8-4-9-15-32)59-62(45(42)63)50-53-38(26-66-50)31-20-18-29(19-21-31)35-24-36(35)39-28(2)67-48(54-39)58-56-43-41(33-16-10-5-11-17-33)60-61(46(43)64)49-52-37(25-65-49)30-12-6-3-7-13-30/h3-21,25-26,34-36,59-60H,22-24H2,1-2H3. The van der Waals surface area contributed by atoms with Crippen LogP contribution in [0.15, 0.2) is 156 Å². The van der Waals surface area contributed by atoms with Gasteiger partial charge in [-0.3, -0.25) is 19.8 Å². The maximum Gasteiger partial charge on any atom is 0.301 e. The average Bonchev–Trinajstić information content (AvgIpc) is 3.93. The number of benzene rings is 4. The number of nitrogens with one attached hydrogen (secondary N) is 2. The van der Waals surface area contributed by atoms with Crippen molar-refractivity contribution in [2.45, 2.75) is 50.9 Å². The molecule has 6 heterocycles. The summed E-state index contributed by atoms with van der Waals surface area (Å²) < 4.78 is 2.88. The van der Waals surface area contributed by atoms with Crippen LogP contribution >= 0.6 is 45.3 Å². The molecule has 2 saturated carbocycles. The van der Waals surface area contributed by atoms with Crippen LogP contribution in [0, 0.1) is 13.8 Å². The van der Waals surface area contributed by atoms with Crippen molar-refractivity contribution in [1.29, 1.82) is 0 Å². The first-order valence-electron chi connectivity index (χ1n) is 22.0. The minimum Gasteiger partial charge on any atom is -0.286 e. The molecule has 0 bridgehead atoms. The number of aryl methyl sites for hydroxylation is 2. The number of nitrogens with zero attached hydrogens (tertiary/aromatic N) is 10. The minimum atomic E-state index is -0.346. The lowest BCUT2D eigenvalue weighted by atomic mass is 10.0. The van der Waals surface area contributed by atoms with Crippen molar-refractivity contribution in [3.8, 4) is 55.3 Å². The molecule has 14 nitrogen and oxygen atoms in total. The van der Waals surface area contributed by atoms with E-state index < -0.39 is 0 Å². The Morgan fingerprint density at radius 1 is 0.559 bits per heavy atom. The van der Waals surface area contributed by atoms with Gasteiger partial charge in [0.25, 0.3) is 0 Å². The highest BCUT2D eigenvalue weighted by molar-refractivity contribution is 7.15. The Morgan fingerprint density at radius 3 is 1.59 bits per heavy atom. The van der Waals surface area contributed by atoms with E-state index in [9.17, 15) is 9.59 Å². The lowest BCUT2D eigenvalue weighted by Crippen LogP contribution is -2.13. The second kappa shape index (κ2) is 17.4. The van der Waals surface area contributed by atoms with Crippen molar-refractivity contribution < 1.29 is 0 Å². The molecule has 2 aliphatic rings. The Labute approximate surface area is 404 Å². The van der Waals surface area contributed by atoms with Crippen molar-refractivity contribution in [3.63, 3.8) is 0 Å². The van der Waals surface area contributed by atoms with Crippen LogP contribution in [0.25, 0.3) is 55.3 Å². The molecule has 0 saturated heterocycles. The quantitative estimate of drug-likeness (QED) is 0.109. The third-order valence-corrected chi connectivity index (χ3v) is 15.9. The third-order valence-electron chi connectivity index (χ3n) is 12.1. The van der Waals surface area contributed by atoms with Crippen LogP contribution in [0.5, 0.6) is 0 Å². The highest BCUT2D eigenvalue weighted by atomic mass is 32.1. The molecule has 4 aromatic carbocycles. The maximum atomic E-state index is 14.0. The van der Waals surface area contributed by atoms with E-state index in [2.05, 4.69) is 66.8 Å². The predicted molar refractivity (Wildman–Crippen MR) is 270 cm³/mol. The van der Waals surface area contributed by atoms with Crippen LogP contribution in [-0.2, 0) is 0 Å². The van der Waals surface area contributed by atoms with Gasteiger partial charge in [0.2, 0.25) is 20.5 Å². The fourth-order valence-electron chi connectivity index (χ4n) is 8.43. The van der Waals surface area contributed by atoms with Crippen molar-refractivity contribution in [2.75, 3.05) is 0 Å². The van der Waals surface area contributed by atoms with Gasteiger partial charge in [0, 0.05) is 48.7 Å². The number of hydrogen-bond donors (Lipinski definition) is 2. The molecule has 2 aliphatic carbocycles. The Balaban J connectivity index is 0.762. The molecule has 334 valence electrons. The number of azo groups is 2. The van der Waals surface area contributed by atoms with E-state index in [-0.39, 0.29) is 28.4 Å². The van der Waals surface area contributed by atoms with Crippen molar-refractivity contribution in [1.82, 2.24) is 39.5 Å². The van der Waals surface area contributed by atoms with Gasteiger partial charge in [-0.15, -0.1) is 43.1 Å². The van der Waals surface area contributed by atoms with Crippen LogP contribution in [-0.4, -0.2) is 39.5 Å². The Bertz CT molecular complexity index is 3650. The molecule has 0 aliphatic heterocycles. The summed E-state index contributed by atoms with van der Waals surface area (Å²) in [6.07, 6.45) is 3.32. The maximum absolute atomic E-state index is 14.0. The summed E-state index contributed by atoms with van der Waals surface area (Å²) in [4.78, 5) is 49.5. The monoisotopic (exact) mass is 966 g/mol. The highest BCUT2D eigenvalue weighted by Gasteiger charge is 2.42. The molecule has 10 aromatic rings. The van der Waals surface area contributed by atoms with Crippen molar-refractivity contribution >= 4 is 67.0 Å². The van der Waals surface area contributed by atoms with E-state index in [1.165, 1.54) is 66.7 Å². The number of thiazole rings is 4. The summed E-state index contributed by atoms with van der Waals surface area (Å²) in [6.45, 7) is 4.07. The minimum absolute atomic E-state index is 0.186. The van der Waals surface area contributed by atoms with Gasteiger partial charge in [-0.05, 0) is 50.5 Å². The molecule has 6 aromatic heterocycles. The van der Waals surface area contributed by atoms with E-state index >= 15 is 0 Å². The molecule has 2 atom stereocenters. The van der Waals surface area contributed by atoms with Gasteiger partial charge < -0.3 is 0 Å². The average molecular weight is 967 g/mol. The molecular formula is C50H38N12O2S4. The predicted octanol–water partition coefficient (Wildman–Crippen LogP) is 13.7. The van der Waals surface area contributed by atoms with Crippen LogP contribution in [0.3, 0.4) is 0 Å². The SMILES string of the molecule is Cc1nc(N=Nc2c(-c3ccccc3)[nH]n(-c3nc(-c4ccc(C5CC5c5nc(N=Nc6c(-c7ccccc7)[nH]n(-c7nc(-c8ccccc8)cs7)c6=O)sc5C)cc4)cs3)c2=O)sc1C1CC1. The largest absolute Gasteiger partial charge is 0.301 e. The lowest BCUT2D eigenvalue weighted by molar-refractivity contribution is 0.843. The number of aromatic amines is 2. The van der Waals surface area contributed by atoms with Gasteiger partial charge in [-0.1, -0.05) is 138 Å². The van der Waals surface area contributed by atoms with E-state index in [0.717, 1.165) is 56.3 Å². The zero-order valence-electron chi connectivity index (χ0n) is 36.4.